The molecule has 20 heavy (non-hydrogen) atoms. The third-order valence-electron chi connectivity index (χ3n) is 4.57. The zero-order chi connectivity index (χ0) is 14.3. The van der Waals surface area contributed by atoms with Crippen LogP contribution in [0, 0.1) is 5.92 Å². The summed E-state index contributed by atoms with van der Waals surface area (Å²) in [5, 5.41) is 6.58. The fourth-order valence-corrected chi connectivity index (χ4v) is 3.64. The highest BCUT2D eigenvalue weighted by Crippen LogP contribution is 2.47. The van der Waals surface area contributed by atoms with E-state index in [2.05, 4.69) is 24.5 Å². The van der Waals surface area contributed by atoms with Crippen molar-refractivity contribution in [2.24, 2.45) is 5.92 Å². The average Bonchev–Trinajstić information content (AvgIpc) is 2.93. The van der Waals surface area contributed by atoms with Crippen LogP contribution in [0.25, 0.3) is 0 Å². The number of amides is 1. The van der Waals surface area contributed by atoms with E-state index in [4.69, 9.17) is 4.74 Å². The largest absolute Gasteiger partial charge is 0.497 e. The Kier molecular flexibility index (Phi) is 3.21. The molecule has 0 bridgehead atoms. The SMILES string of the molecule is COc1ccc2c(c1)NC(=O)[C@]21CCN[C@H]1CC(C)C. The van der Waals surface area contributed by atoms with Gasteiger partial charge in [0, 0.05) is 17.8 Å². The van der Waals surface area contributed by atoms with Gasteiger partial charge in [0.2, 0.25) is 5.91 Å². The number of carbonyl (C=O) groups is 1. The predicted molar refractivity (Wildman–Crippen MR) is 79.2 cm³/mol. The quantitative estimate of drug-likeness (QED) is 0.889. The van der Waals surface area contributed by atoms with Crippen molar-refractivity contribution in [1.82, 2.24) is 5.32 Å². The minimum atomic E-state index is -0.397. The maximum atomic E-state index is 12.7. The summed E-state index contributed by atoms with van der Waals surface area (Å²) in [6, 6.07) is 6.14. The van der Waals surface area contributed by atoms with Gasteiger partial charge in [0.25, 0.3) is 0 Å². The molecule has 2 N–H and O–H groups in total. The summed E-state index contributed by atoms with van der Waals surface area (Å²) in [4.78, 5) is 12.7. The van der Waals surface area contributed by atoms with Crippen molar-refractivity contribution in [2.75, 3.05) is 19.0 Å². The van der Waals surface area contributed by atoms with Crippen LogP contribution in [0.1, 0.15) is 32.3 Å². The van der Waals surface area contributed by atoms with Gasteiger partial charge in [0.1, 0.15) is 5.75 Å². The molecule has 1 aromatic rings. The number of hydrogen-bond donors (Lipinski definition) is 2. The lowest BCUT2D eigenvalue weighted by Crippen LogP contribution is -2.46. The molecule has 2 aliphatic heterocycles. The first kappa shape index (κ1) is 13.4. The van der Waals surface area contributed by atoms with Crippen molar-refractivity contribution in [3.05, 3.63) is 23.8 Å². The van der Waals surface area contributed by atoms with Gasteiger partial charge in [-0.25, -0.2) is 0 Å². The van der Waals surface area contributed by atoms with E-state index in [0.717, 1.165) is 36.4 Å². The number of rotatable bonds is 3. The highest BCUT2D eigenvalue weighted by molar-refractivity contribution is 6.07. The fourth-order valence-electron chi connectivity index (χ4n) is 3.64. The molecule has 2 heterocycles. The normalized spacial score (nSPS) is 28.0. The lowest BCUT2D eigenvalue weighted by molar-refractivity contribution is -0.121. The Labute approximate surface area is 119 Å². The Balaban J connectivity index is 2.04. The Morgan fingerprint density at radius 2 is 2.25 bits per heavy atom. The standard InChI is InChI=1S/C16H22N2O2/c1-10(2)8-14-16(6-7-17-14)12-5-4-11(20-3)9-13(12)18-15(16)19/h4-5,9-10,14,17H,6-8H2,1-3H3,(H,18,19)/t14-,16+/m0/s1. The Morgan fingerprint density at radius 3 is 2.95 bits per heavy atom. The minimum Gasteiger partial charge on any atom is -0.497 e. The number of fused-ring (bicyclic) bond motifs is 2. The summed E-state index contributed by atoms with van der Waals surface area (Å²) >= 11 is 0. The van der Waals surface area contributed by atoms with Crippen LogP contribution in [-0.4, -0.2) is 25.6 Å². The van der Waals surface area contributed by atoms with E-state index in [0.29, 0.717) is 5.92 Å². The van der Waals surface area contributed by atoms with Crippen LogP contribution in [0.2, 0.25) is 0 Å². The third kappa shape index (κ3) is 1.82. The molecule has 0 unspecified atom stereocenters. The third-order valence-corrected chi connectivity index (χ3v) is 4.57. The maximum absolute atomic E-state index is 12.7. The van der Waals surface area contributed by atoms with Gasteiger partial charge in [-0.05, 0) is 36.9 Å². The Bertz CT molecular complexity index is 541. The minimum absolute atomic E-state index is 0.136. The van der Waals surface area contributed by atoms with Crippen LogP contribution in [0.4, 0.5) is 5.69 Å². The molecule has 0 aliphatic carbocycles. The van der Waals surface area contributed by atoms with E-state index in [9.17, 15) is 4.79 Å². The molecule has 1 fully saturated rings. The molecule has 2 aliphatic rings. The van der Waals surface area contributed by atoms with Crippen LogP contribution >= 0.6 is 0 Å². The van der Waals surface area contributed by atoms with Gasteiger partial charge in [-0.15, -0.1) is 0 Å². The molecule has 4 nitrogen and oxygen atoms in total. The van der Waals surface area contributed by atoms with Gasteiger partial charge in [-0.2, -0.15) is 0 Å². The maximum Gasteiger partial charge on any atom is 0.236 e. The number of carbonyl (C=O) groups excluding carboxylic acids is 1. The van der Waals surface area contributed by atoms with Crippen molar-refractivity contribution in [3.8, 4) is 5.75 Å². The van der Waals surface area contributed by atoms with Crippen LogP contribution in [0.5, 0.6) is 5.75 Å². The molecule has 1 aromatic carbocycles. The predicted octanol–water partition coefficient (Wildman–Crippen LogP) is 2.29. The van der Waals surface area contributed by atoms with Gasteiger partial charge in [0.05, 0.1) is 12.5 Å². The summed E-state index contributed by atoms with van der Waals surface area (Å²) in [6.07, 6.45) is 1.88. The monoisotopic (exact) mass is 274 g/mol. The van der Waals surface area contributed by atoms with Crippen molar-refractivity contribution < 1.29 is 9.53 Å². The number of benzene rings is 1. The highest BCUT2D eigenvalue weighted by atomic mass is 16.5. The molecule has 1 spiro atoms. The number of methoxy groups -OCH3 is 1. The van der Waals surface area contributed by atoms with Crippen LogP contribution in [0.3, 0.4) is 0 Å². The molecular weight excluding hydrogens is 252 g/mol. The van der Waals surface area contributed by atoms with Gasteiger partial charge < -0.3 is 15.4 Å². The second-order valence-electron chi connectivity index (χ2n) is 6.22. The van der Waals surface area contributed by atoms with E-state index >= 15 is 0 Å². The summed E-state index contributed by atoms with van der Waals surface area (Å²) in [6.45, 7) is 5.31. The number of ether oxygens (including phenoxy) is 1. The molecule has 2 atom stereocenters. The van der Waals surface area contributed by atoms with Crippen molar-refractivity contribution in [2.45, 2.75) is 38.1 Å². The summed E-state index contributed by atoms with van der Waals surface area (Å²) in [7, 11) is 1.65. The Hall–Kier alpha value is -1.55. The second kappa shape index (κ2) is 4.77. The molecule has 0 aromatic heterocycles. The van der Waals surface area contributed by atoms with Crippen LogP contribution < -0.4 is 15.4 Å². The van der Waals surface area contributed by atoms with Gasteiger partial charge in [-0.1, -0.05) is 19.9 Å². The molecule has 0 saturated carbocycles. The summed E-state index contributed by atoms with van der Waals surface area (Å²) < 4.78 is 5.25. The number of nitrogens with one attached hydrogen (secondary N) is 2. The van der Waals surface area contributed by atoms with E-state index in [-0.39, 0.29) is 11.9 Å². The number of anilines is 1. The summed E-state index contributed by atoms with van der Waals surface area (Å²) in [5.74, 6) is 1.49. The average molecular weight is 274 g/mol. The number of hydrogen-bond acceptors (Lipinski definition) is 3. The van der Waals surface area contributed by atoms with E-state index in [1.807, 2.05) is 18.2 Å². The zero-order valence-corrected chi connectivity index (χ0v) is 12.3. The van der Waals surface area contributed by atoms with E-state index < -0.39 is 5.41 Å². The molecule has 1 amide bonds. The van der Waals surface area contributed by atoms with Crippen molar-refractivity contribution in [3.63, 3.8) is 0 Å². The van der Waals surface area contributed by atoms with E-state index in [1.165, 1.54) is 0 Å². The highest BCUT2D eigenvalue weighted by Gasteiger charge is 2.54. The lowest BCUT2D eigenvalue weighted by Gasteiger charge is -2.30. The first-order valence-corrected chi connectivity index (χ1v) is 7.31. The molecule has 3 rings (SSSR count). The zero-order valence-electron chi connectivity index (χ0n) is 12.3. The Morgan fingerprint density at radius 1 is 1.45 bits per heavy atom. The van der Waals surface area contributed by atoms with Crippen molar-refractivity contribution in [1.29, 1.82) is 0 Å². The fraction of sp³-hybridized carbons (Fsp3) is 0.562. The van der Waals surface area contributed by atoms with Crippen LogP contribution in [-0.2, 0) is 10.2 Å². The molecule has 0 radical (unpaired) electrons. The first-order valence-electron chi connectivity index (χ1n) is 7.31. The van der Waals surface area contributed by atoms with Crippen LogP contribution in [0.15, 0.2) is 18.2 Å². The molecular formula is C16H22N2O2. The molecule has 108 valence electrons. The first-order chi connectivity index (χ1) is 9.57. The van der Waals surface area contributed by atoms with E-state index in [1.54, 1.807) is 7.11 Å². The lowest BCUT2D eigenvalue weighted by atomic mass is 9.73. The van der Waals surface area contributed by atoms with Crippen molar-refractivity contribution >= 4 is 11.6 Å². The smallest absolute Gasteiger partial charge is 0.236 e. The topological polar surface area (TPSA) is 50.4 Å². The summed E-state index contributed by atoms with van der Waals surface area (Å²) in [5.41, 5.74) is 1.64. The second-order valence-corrected chi connectivity index (χ2v) is 6.22. The molecule has 1 saturated heterocycles. The van der Waals surface area contributed by atoms with Gasteiger partial charge in [-0.3, -0.25) is 4.79 Å². The van der Waals surface area contributed by atoms with Gasteiger partial charge >= 0.3 is 0 Å². The van der Waals surface area contributed by atoms with Gasteiger partial charge in [0.15, 0.2) is 0 Å². The molecule has 4 heteroatoms.